The molecule has 0 saturated carbocycles. The summed E-state index contributed by atoms with van der Waals surface area (Å²) >= 11 is 0. The number of fused-ring (bicyclic) bond motifs is 1. The molecule has 0 bridgehead atoms. The molecule has 19 heavy (non-hydrogen) atoms. The van der Waals surface area contributed by atoms with Gasteiger partial charge in [-0.3, -0.25) is 0 Å². The van der Waals surface area contributed by atoms with Crippen molar-refractivity contribution in [3.8, 4) is 0 Å². The zero-order valence-corrected chi connectivity index (χ0v) is 11.5. The summed E-state index contributed by atoms with van der Waals surface area (Å²) in [6, 6.07) is 8.89. The zero-order chi connectivity index (χ0) is 13.2. The molecule has 0 radical (unpaired) electrons. The van der Waals surface area contributed by atoms with Crippen LogP contribution in [0.25, 0.3) is 0 Å². The van der Waals surface area contributed by atoms with Crippen LogP contribution in [0.1, 0.15) is 36.8 Å². The summed E-state index contributed by atoms with van der Waals surface area (Å²) in [5, 5.41) is 12.0. The van der Waals surface area contributed by atoms with E-state index in [1.165, 1.54) is 11.1 Å². The van der Waals surface area contributed by atoms with Crippen molar-refractivity contribution in [3.63, 3.8) is 0 Å². The highest BCUT2D eigenvalue weighted by Gasteiger charge is 2.23. The Morgan fingerprint density at radius 1 is 1.32 bits per heavy atom. The SMILES string of the molecule is CC(C)Cn1cnnc1[C@@H]1Cc2ccccc2CN1. The van der Waals surface area contributed by atoms with Crippen LogP contribution in [0, 0.1) is 5.92 Å². The summed E-state index contributed by atoms with van der Waals surface area (Å²) in [6.45, 7) is 6.32. The maximum atomic E-state index is 4.32. The number of benzene rings is 1. The normalized spacial score (nSPS) is 18.6. The minimum atomic E-state index is 0.274. The number of rotatable bonds is 3. The average Bonchev–Trinajstić information content (AvgIpc) is 2.85. The van der Waals surface area contributed by atoms with Gasteiger partial charge in [0.25, 0.3) is 0 Å². The first-order chi connectivity index (χ1) is 9.24. The molecule has 1 N–H and O–H groups in total. The Balaban J connectivity index is 1.83. The van der Waals surface area contributed by atoms with E-state index in [2.05, 4.69) is 58.2 Å². The molecule has 3 rings (SSSR count). The van der Waals surface area contributed by atoms with Gasteiger partial charge in [-0.15, -0.1) is 10.2 Å². The van der Waals surface area contributed by atoms with E-state index in [-0.39, 0.29) is 6.04 Å². The summed E-state index contributed by atoms with van der Waals surface area (Å²) in [4.78, 5) is 0. The zero-order valence-electron chi connectivity index (χ0n) is 11.5. The van der Waals surface area contributed by atoms with E-state index in [0.29, 0.717) is 5.92 Å². The van der Waals surface area contributed by atoms with Gasteiger partial charge in [0.15, 0.2) is 0 Å². The number of nitrogens with zero attached hydrogens (tertiary/aromatic N) is 3. The first-order valence-electron chi connectivity index (χ1n) is 6.92. The van der Waals surface area contributed by atoms with E-state index in [0.717, 1.165) is 25.3 Å². The lowest BCUT2D eigenvalue weighted by molar-refractivity contribution is 0.430. The van der Waals surface area contributed by atoms with E-state index in [9.17, 15) is 0 Å². The minimum Gasteiger partial charge on any atom is -0.316 e. The van der Waals surface area contributed by atoms with Crippen LogP contribution in [0.5, 0.6) is 0 Å². The Kier molecular flexibility index (Phi) is 3.34. The van der Waals surface area contributed by atoms with Crippen molar-refractivity contribution < 1.29 is 0 Å². The second-order valence-electron chi connectivity index (χ2n) is 5.64. The molecule has 0 amide bonds. The van der Waals surface area contributed by atoms with Gasteiger partial charge in [0, 0.05) is 13.1 Å². The van der Waals surface area contributed by atoms with E-state index in [1.54, 1.807) is 0 Å². The first kappa shape index (κ1) is 12.4. The highest BCUT2D eigenvalue weighted by molar-refractivity contribution is 5.30. The lowest BCUT2D eigenvalue weighted by Crippen LogP contribution is -2.31. The Labute approximate surface area is 113 Å². The number of nitrogens with one attached hydrogen (secondary N) is 1. The molecule has 1 aliphatic rings. The van der Waals surface area contributed by atoms with Crippen molar-refractivity contribution in [2.24, 2.45) is 5.92 Å². The van der Waals surface area contributed by atoms with Gasteiger partial charge in [-0.05, 0) is 23.5 Å². The Bertz CT molecular complexity index is 559. The largest absolute Gasteiger partial charge is 0.316 e. The molecule has 0 aliphatic carbocycles. The highest BCUT2D eigenvalue weighted by atomic mass is 15.3. The fourth-order valence-corrected chi connectivity index (χ4v) is 2.70. The van der Waals surface area contributed by atoms with Crippen molar-refractivity contribution >= 4 is 0 Å². The summed E-state index contributed by atoms with van der Waals surface area (Å²) in [6.07, 6.45) is 2.84. The average molecular weight is 256 g/mol. The summed E-state index contributed by atoms with van der Waals surface area (Å²) in [5.41, 5.74) is 2.82. The quantitative estimate of drug-likeness (QED) is 0.916. The molecule has 1 aromatic heterocycles. The van der Waals surface area contributed by atoms with Crippen molar-refractivity contribution in [2.45, 2.75) is 39.4 Å². The molecular weight excluding hydrogens is 236 g/mol. The second kappa shape index (κ2) is 5.13. The highest BCUT2D eigenvalue weighted by Crippen LogP contribution is 2.24. The molecule has 1 atom stereocenters. The predicted octanol–water partition coefficient (Wildman–Crippen LogP) is 2.32. The Morgan fingerprint density at radius 2 is 2.11 bits per heavy atom. The van der Waals surface area contributed by atoms with Crippen LogP contribution in [-0.4, -0.2) is 14.8 Å². The van der Waals surface area contributed by atoms with Crippen molar-refractivity contribution in [1.29, 1.82) is 0 Å². The van der Waals surface area contributed by atoms with Crippen molar-refractivity contribution in [3.05, 3.63) is 47.5 Å². The van der Waals surface area contributed by atoms with Gasteiger partial charge in [0.2, 0.25) is 0 Å². The van der Waals surface area contributed by atoms with Crippen LogP contribution in [0.4, 0.5) is 0 Å². The lowest BCUT2D eigenvalue weighted by atomic mass is 9.95. The minimum absolute atomic E-state index is 0.274. The van der Waals surface area contributed by atoms with Crippen LogP contribution in [0.3, 0.4) is 0 Å². The Morgan fingerprint density at radius 3 is 2.89 bits per heavy atom. The first-order valence-corrected chi connectivity index (χ1v) is 6.92. The number of aromatic nitrogens is 3. The van der Waals surface area contributed by atoms with Crippen LogP contribution in [-0.2, 0) is 19.5 Å². The van der Waals surface area contributed by atoms with Crippen LogP contribution in [0.2, 0.25) is 0 Å². The third-order valence-electron chi connectivity index (χ3n) is 3.60. The standard InChI is InChI=1S/C15H20N4/c1-11(2)9-19-10-17-18-15(19)14-7-12-5-3-4-6-13(12)8-16-14/h3-6,10-11,14,16H,7-9H2,1-2H3/t14-/m0/s1. The fraction of sp³-hybridized carbons (Fsp3) is 0.467. The smallest absolute Gasteiger partial charge is 0.150 e. The van der Waals surface area contributed by atoms with Gasteiger partial charge < -0.3 is 9.88 Å². The fourth-order valence-electron chi connectivity index (χ4n) is 2.70. The number of hydrogen-bond donors (Lipinski definition) is 1. The van der Waals surface area contributed by atoms with Gasteiger partial charge in [0.05, 0.1) is 6.04 Å². The van der Waals surface area contributed by atoms with E-state index in [4.69, 9.17) is 0 Å². The summed E-state index contributed by atoms with van der Waals surface area (Å²) < 4.78 is 2.18. The number of hydrogen-bond acceptors (Lipinski definition) is 3. The molecule has 0 saturated heterocycles. The Hall–Kier alpha value is -1.68. The molecule has 2 aromatic rings. The van der Waals surface area contributed by atoms with Gasteiger partial charge in [-0.1, -0.05) is 38.1 Å². The van der Waals surface area contributed by atoms with E-state index < -0.39 is 0 Å². The van der Waals surface area contributed by atoms with Gasteiger partial charge in [-0.25, -0.2) is 0 Å². The molecule has 100 valence electrons. The third-order valence-corrected chi connectivity index (χ3v) is 3.60. The van der Waals surface area contributed by atoms with Gasteiger partial charge >= 0.3 is 0 Å². The van der Waals surface area contributed by atoms with Crippen molar-refractivity contribution in [2.75, 3.05) is 0 Å². The van der Waals surface area contributed by atoms with Gasteiger partial charge in [-0.2, -0.15) is 0 Å². The molecule has 4 heteroatoms. The molecule has 0 spiro atoms. The molecule has 4 nitrogen and oxygen atoms in total. The maximum absolute atomic E-state index is 4.32. The maximum Gasteiger partial charge on any atom is 0.150 e. The van der Waals surface area contributed by atoms with E-state index >= 15 is 0 Å². The monoisotopic (exact) mass is 256 g/mol. The lowest BCUT2D eigenvalue weighted by Gasteiger charge is -2.26. The molecule has 2 heterocycles. The predicted molar refractivity (Wildman–Crippen MR) is 74.6 cm³/mol. The third kappa shape index (κ3) is 2.54. The van der Waals surface area contributed by atoms with Crippen LogP contribution in [0.15, 0.2) is 30.6 Å². The molecule has 1 aliphatic heterocycles. The molecule has 0 fully saturated rings. The molecule has 1 aromatic carbocycles. The van der Waals surface area contributed by atoms with Gasteiger partial charge in [0.1, 0.15) is 12.2 Å². The summed E-state index contributed by atoms with van der Waals surface area (Å²) in [5.74, 6) is 1.66. The van der Waals surface area contributed by atoms with Crippen molar-refractivity contribution in [1.82, 2.24) is 20.1 Å². The van der Waals surface area contributed by atoms with E-state index in [1.807, 2.05) is 6.33 Å². The topological polar surface area (TPSA) is 42.7 Å². The second-order valence-corrected chi connectivity index (χ2v) is 5.64. The summed E-state index contributed by atoms with van der Waals surface area (Å²) in [7, 11) is 0. The van der Waals surface area contributed by atoms with Crippen LogP contribution >= 0.6 is 0 Å². The molecular formula is C15H20N4. The molecule has 0 unspecified atom stereocenters. The van der Waals surface area contributed by atoms with Crippen LogP contribution < -0.4 is 5.32 Å².